The third-order valence-electron chi connectivity index (χ3n) is 6.61. The Kier molecular flexibility index (Phi) is 4.54. The molecule has 0 aromatic heterocycles. The van der Waals surface area contributed by atoms with Crippen LogP contribution in [0.1, 0.15) is 75.0 Å². The molecule has 2 fully saturated rings. The van der Waals surface area contributed by atoms with E-state index in [0.29, 0.717) is 10.4 Å². The van der Waals surface area contributed by atoms with Gasteiger partial charge in [-0.2, -0.15) is 0 Å². The highest BCUT2D eigenvalue weighted by Crippen LogP contribution is 2.62. The smallest absolute Gasteiger partial charge is 0.303 e. The van der Waals surface area contributed by atoms with Gasteiger partial charge < -0.3 is 9.84 Å². The Hall–Kier alpha value is -0.770. The third kappa shape index (κ3) is 3.31. The lowest BCUT2D eigenvalue weighted by molar-refractivity contribution is -0.137. The summed E-state index contributed by atoms with van der Waals surface area (Å²) >= 11 is 12.6. The average molecular weight is 383 g/mol. The van der Waals surface area contributed by atoms with Gasteiger partial charge in [0.2, 0.25) is 0 Å². The van der Waals surface area contributed by atoms with Gasteiger partial charge in [-0.1, -0.05) is 23.2 Å². The minimum Gasteiger partial charge on any atom is -0.481 e. The van der Waals surface area contributed by atoms with Crippen molar-refractivity contribution in [3.8, 4) is 0 Å². The van der Waals surface area contributed by atoms with Crippen molar-refractivity contribution < 1.29 is 14.6 Å². The molecule has 0 spiro atoms. The number of benzene rings is 1. The highest BCUT2D eigenvalue weighted by atomic mass is 35.5. The van der Waals surface area contributed by atoms with Crippen LogP contribution in [0.25, 0.3) is 0 Å². The molecule has 5 heteroatoms. The maximum Gasteiger partial charge on any atom is 0.303 e. The summed E-state index contributed by atoms with van der Waals surface area (Å²) in [7, 11) is 0. The van der Waals surface area contributed by atoms with Crippen LogP contribution in [0, 0.1) is 5.41 Å². The Bertz CT molecular complexity index is 692. The Morgan fingerprint density at radius 2 is 2.00 bits per heavy atom. The number of ether oxygens (including phenoxy) is 1. The van der Waals surface area contributed by atoms with E-state index in [4.69, 9.17) is 33.0 Å². The molecule has 0 saturated heterocycles. The van der Waals surface area contributed by atoms with Crippen molar-refractivity contribution in [1.82, 2.24) is 0 Å². The largest absolute Gasteiger partial charge is 0.481 e. The molecule has 2 saturated carbocycles. The van der Waals surface area contributed by atoms with E-state index < -0.39 is 5.97 Å². The first kappa shape index (κ1) is 17.6. The lowest BCUT2D eigenvalue weighted by atomic mass is 9.80. The summed E-state index contributed by atoms with van der Waals surface area (Å²) in [4.78, 5) is 10.8. The van der Waals surface area contributed by atoms with Crippen LogP contribution in [0.4, 0.5) is 0 Å². The van der Waals surface area contributed by atoms with Gasteiger partial charge in [0.25, 0.3) is 0 Å². The molecule has 0 heterocycles. The van der Waals surface area contributed by atoms with Crippen molar-refractivity contribution in [3.63, 3.8) is 0 Å². The van der Waals surface area contributed by atoms with E-state index in [-0.39, 0.29) is 18.1 Å². The second-order valence-corrected chi connectivity index (χ2v) is 9.05. The number of hydrogen-bond donors (Lipinski definition) is 1. The quantitative estimate of drug-likeness (QED) is 0.660. The molecular formula is C20H24Cl2O3. The fourth-order valence-corrected chi connectivity index (χ4v) is 6.02. The maximum absolute atomic E-state index is 10.8. The van der Waals surface area contributed by atoms with E-state index in [9.17, 15) is 4.79 Å². The molecule has 1 N–H and O–H groups in total. The summed E-state index contributed by atoms with van der Waals surface area (Å²) < 4.78 is 6.71. The van der Waals surface area contributed by atoms with Crippen LogP contribution in [-0.2, 0) is 16.0 Å². The number of halogens is 2. The third-order valence-corrected chi connectivity index (χ3v) is 7.16. The van der Waals surface area contributed by atoms with Crippen molar-refractivity contribution in [2.45, 2.75) is 75.9 Å². The summed E-state index contributed by atoms with van der Waals surface area (Å²) in [5.41, 5.74) is 2.64. The molecular weight excluding hydrogens is 359 g/mol. The molecule has 0 amide bonds. The Balaban J connectivity index is 1.45. The predicted octanol–water partition coefficient (Wildman–Crippen LogP) is 5.96. The average Bonchev–Trinajstić information content (AvgIpc) is 3.20. The van der Waals surface area contributed by atoms with Gasteiger partial charge in [0.1, 0.15) is 0 Å². The van der Waals surface area contributed by atoms with E-state index in [1.807, 2.05) is 12.1 Å². The number of rotatable bonds is 6. The van der Waals surface area contributed by atoms with Gasteiger partial charge in [-0.15, -0.1) is 0 Å². The molecule has 1 aromatic carbocycles. The molecule has 0 aliphatic heterocycles. The van der Waals surface area contributed by atoms with Crippen LogP contribution >= 0.6 is 23.2 Å². The first-order chi connectivity index (χ1) is 11.9. The maximum atomic E-state index is 10.8. The lowest BCUT2D eigenvalue weighted by Gasteiger charge is -2.31. The van der Waals surface area contributed by atoms with Gasteiger partial charge in [-0.25, -0.2) is 0 Å². The van der Waals surface area contributed by atoms with Crippen LogP contribution < -0.4 is 0 Å². The Labute approximate surface area is 158 Å². The molecule has 2 bridgehead atoms. The van der Waals surface area contributed by atoms with Crippen LogP contribution in [0.2, 0.25) is 10.0 Å². The first-order valence-corrected chi connectivity index (χ1v) is 10.0. The predicted molar refractivity (Wildman–Crippen MR) is 98.3 cm³/mol. The summed E-state index contributed by atoms with van der Waals surface area (Å²) in [5.74, 6) is -0.689. The normalized spacial score (nSPS) is 33.0. The SMILES string of the molecule is O=C(O)CCCC12CCC(OC3CCc4c(Cl)cc(Cl)cc43)(CC1)C2. The van der Waals surface area contributed by atoms with Crippen LogP contribution in [-0.4, -0.2) is 16.7 Å². The lowest BCUT2D eigenvalue weighted by Crippen LogP contribution is -2.28. The minimum absolute atomic E-state index is 0.0235. The first-order valence-electron chi connectivity index (χ1n) is 9.28. The van der Waals surface area contributed by atoms with Gasteiger partial charge in [0, 0.05) is 16.5 Å². The van der Waals surface area contributed by atoms with E-state index in [2.05, 4.69) is 0 Å². The molecule has 1 atom stereocenters. The molecule has 3 aliphatic rings. The van der Waals surface area contributed by atoms with Crippen molar-refractivity contribution in [2.24, 2.45) is 5.41 Å². The zero-order valence-electron chi connectivity index (χ0n) is 14.3. The fraction of sp³-hybridized carbons (Fsp3) is 0.650. The number of fused-ring (bicyclic) bond motifs is 3. The topological polar surface area (TPSA) is 46.5 Å². The van der Waals surface area contributed by atoms with E-state index in [1.165, 1.54) is 24.0 Å². The molecule has 3 nitrogen and oxygen atoms in total. The number of aliphatic carboxylic acids is 1. The summed E-state index contributed by atoms with van der Waals surface area (Å²) in [5, 5.41) is 10.3. The molecule has 25 heavy (non-hydrogen) atoms. The fourth-order valence-electron chi connectivity index (χ4n) is 5.41. The number of carboxylic acid groups (broad SMARTS) is 1. The van der Waals surface area contributed by atoms with Crippen molar-refractivity contribution in [3.05, 3.63) is 33.3 Å². The molecule has 1 unspecified atom stereocenters. The van der Waals surface area contributed by atoms with Crippen molar-refractivity contribution >= 4 is 29.2 Å². The van der Waals surface area contributed by atoms with E-state index in [0.717, 1.165) is 50.0 Å². The van der Waals surface area contributed by atoms with Gasteiger partial charge in [0.05, 0.1) is 11.7 Å². The monoisotopic (exact) mass is 382 g/mol. The zero-order valence-corrected chi connectivity index (χ0v) is 15.8. The number of hydrogen-bond acceptors (Lipinski definition) is 2. The number of carbonyl (C=O) groups is 1. The second kappa shape index (κ2) is 6.44. The van der Waals surface area contributed by atoms with Crippen molar-refractivity contribution in [2.75, 3.05) is 0 Å². The molecule has 0 radical (unpaired) electrons. The second-order valence-electron chi connectivity index (χ2n) is 8.21. The zero-order chi connectivity index (χ0) is 17.7. The molecule has 3 aliphatic carbocycles. The van der Waals surface area contributed by atoms with Crippen LogP contribution in [0.15, 0.2) is 12.1 Å². The molecule has 4 rings (SSSR count). The highest BCUT2D eigenvalue weighted by molar-refractivity contribution is 6.35. The Morgan fingerprint density at radius 3 is 2.72 bits per heavy atom. The standard InChI is InChI=1S/C20H24Cl2O3/c21-13-10-15-14(16(22)11-13)3-4-17(15)25-20-8-6-19(12-20,7-9-20)5-1-2-18(23)24/h10-11,17H,1-9,12H2,(H,23,24). The number of carboxylic acids is 1. The van der Waals surface area contributed by atoms with Crippen molar-refractivity contribution in [1.29, 1.82) is 0 Å². The highest BCUT2D eigenvalue weighted by Gasteiger charge is 2.55. The summed E-state index contributed by atoms with van der Waals surface area (Å²) in [6, 6.07) is 3.84. The van der Waals surface area contributed by atoms with Crippen LogP contribution in [0.3, 0.4) is 0 Å². The van der Waals surface area contributed by atoms with Gasteiger partial charge >= 0.3 is 5.97 Å². The van der Waals surface area contributed by atoms with E-state index >= 15 is 0 Å². The molecule has 1 aromatic rings. The summed E-state index contributed by atoms with van der Waals surface area (Å²) in [6.07, 6.45) is 9.72. The van der Waals surface area contributed by atoms with Gasteiger partial charge in [-0.05, 0) is 86.5 Å². The van der Waals surface area contributed by atoms with Gasteiger partial charge in [-0.3, -0.25) is 4.79 Å². The Morgan fingerprint density at radius 1 is 1.24 bits per heavy atom. The van der Waals surface area contributed by atoms with Crippen LogP contribution in [0.5, 0.6) is 0 Å². The van der Waals surface area contributed by atoms with Gasteiger partial charge in [0.15, 0.2) is 0 Å². The minimum atomic E-state index is -0.689. The summed E-state index contributed by atoms with van der Waals surface area (Å²) in [6.45, 7) is 0. The molecule has 136 valence electrons. The van der Waals surface area contributed by atoms with E-state index in [1.54, 1.807) is 0 Å².